The molecule has 5 nitrogen and oxygen atoms in total. The van der Waals surface area contributed by atoms with Crippen LogP contribution < -0.4 is 10.2 Å². The number of unbranched alkanes of at least 4 members (excludes halogenated alkanes) is 2. The smallest absolute Gasteiger partial charge is 0.318 e. The third-order valence-electron chi connectivity index (χ3n) is 2.99. The van der Waals surface area contributed by atoms with Crippen molar-refractivity contribution in [2.75, 3.05) is 11.4 Å². The standard InChI is InChI=1S/C14H28N4O/c1-6-7-8-9-18(12(4)5)14-17-16-13(19-14)10-15-11(2)3/h11-12,15H,6-10H2,1-5H3. The summed E-state index contributed by atoms with van der Waals surface area (Å²) in [5, 5.41) is 11.5. The second kappa shape index (κ2) is 8.15. The lowest BCUT2D eigenvalue weighted by molar-refractivity contribution is 0.437. The lowest BCUT2D eigenvalue weighted by Crippen LogP contribution is -2.32. The van der Waals surface area contributed by atoms with E-state index in [4.69, 9.17) is 4.42 Å². The van der Waals surface area contributed by atoms with Gasteiger partial charge >= 0.3 is 6.01 Å². The van der Waals surface area contributed by atoms with E-state index in [1.54, 1.807) is 0 Å². The van der Waals surface area contributed by atoms with E-state index in [1.807, 2.05) is 0 Å². The van der Waals surface area contributed by atoms with E-state index in [0.717, 1.165) is 13.0 Å². The molecule has 0 radical (unpaired) electrons. The molecule has 1 aromatic heterocycles. The molecule has 5 heteroatoms. The average Bonchev–Trinajstić information content (AvgIpc) is 2.80. The molecule has 0 saturated carbocycles. The zero-order valence-corrected chi connectivity index (χ0v) is 12.9. The van der Waals surface area contributed by atoms with Crippen LogP contribution >= 0.6 is 0 Å². The fraction of sp³-hybridized carbons (Fsp3) is 0.857. The van der Waals surface area contributed by atoms with Crippen LogP contribution in [0.15, 0.2) is 4.42 Å². The van der Waals surface area contributed by atoms with Gasteiger partial charge in [-0.05, 0) is 20.3 Å². The molecule has 0 atom stereocenters. The zero-order valence-electron chi connectivity index (χ0n) is 12.9. The topological polar surface area (TPSA) is 54.2 Å². The maximum Gasteiger partial charge on any atom is 0.318 e. The second-order valence-corrected chi connectivity index (χ2v) is 5.51. The summed E-state index contributed by atoms with van der Waals surface area (Å²) in [6.45, 7) is 12.3. The molecule has 19 heavy (non-hydrogen) atoms. The Labute approximate surface area is 116 Å². The third-order valence-corrected chi connectivity index (χ3v) is 2.99. The summed E-state index contributed by atoms with van der Waals surface area (Å²) < 4.78 is 5.73. The Morgan fingerprint density at radius 3 is 2.47 bits per heavy atom. The highest BCUT2D eigenvalue weighted by atomic mass is 16.4. The molecule has 0 bridgehead atoms. The molecule has 1 aromatic rings. The molecular weight excluding hydrogens is 240 g/mol. The van der Waals surface area contributed by atoms with Gasteiger partial charge < -0.3 is 14.6 Å². The third kappa shape index (κ3) is 5.59. The molecule has 0 amide bonds. The van der Waals surface area contributed by atoms with Crippen molar-refractivity contribution >= 4 is 6.01 Å². The maximum absolute atomic E-state index is 5.73. The Morgan fingerprint density at radius 2 is 1.89 bits per heavy atom. The van der Waals surface area contributed by atoms with Gasteiger partial charge in [-0.25, -0.2) is 0 Å². The normalized spacial score (nSPS) is 11.5. The molecule has 110 valence electrons. The Hall–Kier alpha value is -1.10. The second-order valence-electron chi connectivity index (χ2n) is 5.51. The van der Waals surface area contributed by atoms with E-state index < -0.39 is 0 Å². The van der Waals surface area contributed by atoms with E-state index in [-0.39, 0.29) is 0 Å². The van der Waals surface area contributed by atoms with Crippen molar-refractivity contribution in [3.8, 4) is 0 Å². The van der Waals surface area contributed by atoms with Crippen molar-refractivity contribution in [3.63, 3.8) is 0 Å². The minimum Gasteiger partial charge on any atom is -0.407 e. The van der Waals surface area contributed by atoms with Crippen molar-refractivity contribution in [1.29, 1.82) is 0 Å². The fourth-order valence-corrected chi connectivity index (χ4v) is 1.83. The van der Waals surface area contributed by atoms with Gasteiger partial charge in [0.25, 0.3) is 0 Å². The van der Waals surface area contributed by atoms with Crippen LogP contribution in [0.5, 0.6) is 0 Å². The Morgan fingerprint density at radius 1 is 1.16 bits per heavy atom. The van der Waals surface area contributed by atoms with Crippen LogP contribution in [0.3, 0.4) is 0 Å². The van der Waals surface area contributed by atoms with Crippen LogP contribution in [0.2, 0.25) is 0 Å². The van der Waals surface area contributed by atoms with Crippen molar-refractivity contribution in [1.82, 2.24) is 15.5 Å². The number of nitrogens with one attached hydrogen (secondary N) is 1. The molecule has 0 aliphatic carbocycles. The average molecular weight is 268 g/mol. The highest BCUT2D eigenvalue weighted by Gasteiger charge is 2.17. The zero-order chi connectivity index (χ0) is 14.3. The van der Waals surface area contributed by atoms with E-state index in [1.165, 1.54) is 12.8 Å². The summed E-state index contributed by atoms with van der Waals surface area (Å²) in [7, 11) is 0. The van der Waals surface area contributed by atoms with Crippen LogP contribution in [0.1, 0.15) is 59.8 Å². The molecule has 1 N–H and O–H groups in total. The van der Waals surface area contributed by atoms with Crippen molar-refractivity contribution in [3.05, 3.63) is 5.89 Å². The van der Waals surface area contributed by atoms with E-state index in [0.29, 0.717) is 30.5 Å². The predicted molar refractivity (Wildman–Crippen MR) is 78.3 cm³/mol. The Bertz CT molecular complexity index is 349. The Balaban J connectivity index is 2.58. The summed E-state index contributed by atoms with van der Waals surface area (Å²) >= 11 is 0. The minimum absolute atomic E-state index is 0.378. The first-order valence-electron chi connectivity index (χ1n) is 7.37. The first-order valence-corrected chi connectivity index (χ1v) is 7.37. The first kappa shape index (κ1) is 16.0. The molecular formula is C14H28N4O. The number of hydrogen-bond donors (Lipinski definition) is 1. The number of hydrogen-bond acceptors (Lipinski definition) is 5. The molecule has 0 spiro atoms. The molecule has 0 aromatic carbocycles. The number of anilines is 1. The van der Waals surface area contributed by atoms with E-state index in [9.17, 15) is 0 Å². The monoisotopic (exact) mass is 268 g/mol. The van der Waals surface area contributed by atoms with Gasteiger partial charge in [0.1, 0.15) is 0 Å². The molecule has 1 rings (SSSR count). The van der Waals surface area contributed by atoms with Gasteiger partial charge in [-0.15, -0.1) is 5.10 Å². The lowest BCUT2D eigenvalue weighted by Gasteiger charge is -2.24. The predicted octanol–water partition coefficient (Wildman–Crippen LogP) is 2.97. The van der Waals surface area contributed by atoms with Crippen LogP contribution in [0, 0.1) is 0 Å². The number of nitrogens with zero attached hydrogens (tertiary/aromatic N) is 3. The van der Waals surface area contributed by atoms with Gasteiger partial charge in [-0.3, -0.25) is 0 Å². The van der Waals surface area contributed by atoms with Gasteiger partial charge in [0.15, 0.2) is 0 Å². The van der Waals surface area contributed by atoms with Crippen LogP contribution in [0.25, 0.3) is 0 Å². The Kier molecular flexibility index (Phi) is 6.84. The quantitative estimate of drug-likeness (QED) is 0.698. The summed E-state index contributed by atoms with van der Waals surface area (Å²) in [4.78, 5) is 2.18. The van der Waals surface area contributed by atoms with Gasteiger partial charge in [0.2, 0.25) is 5.89 Å². The fourth-order valence-electron chi connectivity index (χ4n) is 1.83. The van der Waals surface area contributed by atoms with Gasteiger partial charge in [-0.1, -0.05) is 38.7 Å². The SMILES string of the molecule is CCCCCN(c1nnc(CNC(C)C)o1)C(C)C. The number of rotatable bonds is 9. The van der Waals surface area contributed by atoms with E-state index >= 15 is 0 Å². The maximum atomic E-state index is 5.73. The molecule has 0 saturated heterocycles. The minimum atomic E-state index is 0.378. The summed E-state index contributed by atoms with van der Waals surface area (Å²) in [6.07, 6.45) is 3.62. The largest absolute Gasteiger partial charge is 0.407 e. The summed E-state index contributed by atoms with van der Waals surface area (Å²) in [5.41, 5.74) is 0. The number of aromatic nitrogens is 2. The van der Waals surface area contributed by atoms with Gasteiger partial charge in [-0.2, -0.15) is 0 Å². The van der Waals surface area contributed by atoms with Crippen LogP contribution in [0.4, 0.5) is 6.01 Å². The summed E-state index contributed by atoms with van der Waals surface area (Å²) in [6, 6.07) is 1.44. The van der Waals surface area contributed by atoms with Crippen molar-refractivity contribution in [2.45, 2.75) is 72.5 Å². The van der Waals surface area contributed by atoms with Crippen LogP contribution in [-0.4, -0.2) is 28.8 Å². The van der Waals surface area contributed by atoms with Gasteiger partial charge in [0, 0.05) is 18.6 Å². The van der Waals surface area contributed by atoms with Crippen LogP contribution in [-0.2, 0) is 6.54 Å². The molecule has 0 unspecified atom stereocenters. The highest BCUT2D eigenvalue weighted by molar-refractivity contribution is 5.25. The molecule has 0 aliphatic heterocycles. The highest BCUT2D eigenvalue weighted by Crippen LogP contribution is 2.16. The van der Waals surface area contributed by atoms with E-state index in [2.05, 4.69) is 55.0 Å². The van der Waals surface area contributed by atoms with Gasteiger partial charge in [0.05, 0.1) is 6.54 Å². The van der Waals surface area contributed by atoms with Crippen molar-refractivity contribution < 1.29 is 4.42 Å². The lowest BCUT2D eigenvalue weighted by atomic mass is 10.2. The molecule has 1 heterocycles. The summed E-state index contributed by atoms with van der Waals surface area (Å²) in [5.74, 6) is 0.657. The van der Waals surface area contributed by atoms with Crippen molar-refractivity contribution in [2.24, 2.45) is 0 Å². The molecule has 0 fully saturated rings. The molecule has 0 aliphatic rings. The first-order chi connectivity index (χ1) is 9.04.